The Balaban J connectivity index is 1.73. The van der Waals surface area contributed by atoms with E-state index in [-0.39, 0.29) is 10.7 Å². The molecule has 0 aliphatic rings. The normalized spacial score (nSPS) is 13.0. The summed E-state index contributed by atoms with van der Waals surface area (Å²) in [6, 6.07) is 23.4. The van der Waals surface area contributed by atoms with Gasteiger partial charge in [0.2, 0.25) is 0 Å². The van der Waals surface area contributed by atoms with Crippen LogP contribution in [0, 0.1) is 0 Å². The number of benzene rings is 3. The molecule has 3 aromatic rings. The van der Waals surface area contributed by atoms with Gasteiger partial charge in [-0.1, -0.05) is 81.8 Å². The van der Waals surface area contributed by atoms with Crippen molar-refractivity contribution in [1.29, 1.82) is 0 Å². The molecule has 1 atom stereocenters. The average Bonchev–Trinajstić information content (AvgIpc) is 2.68. The maximum atomic E-state index is 11.1. The van der Waals surface area contributed by atoms with Gasteiger partial charge in [-0.05, 0) is 47.5 Å². The molecule has 1 radical (unpaired) electrons. The van der Waals surface area contributed by atoms with Crippen molar-refractivity contribution in [2.45, 2.75) is 50.2 Å². The first-order chi connectivity index (χ1) is 14.0. The third-order valence-electron chi connectivity index (χ3n) is 5.07. The summed E-state index contributed by atoms with van der Waals surface area (Å²) in [6.07, 6.45) is 0. The van der Waals surface area contributed by atoms with Crippen LogP contribution in [-0.4, -0.2) is 16.0 Å². The van der Waals surface area contributed by atoms with Crippen LogP contribution in [0.25, 0.3) is 0 Å². The van der Waals surface area contributed by atoms with Crippen molar-refractivity contribution in [2.24, 2.45) is 0 Å². The third-order valence-corrected chi connectivity index (χ3v) is 5.74. The monoisotopic (exact) mass is 419 g/mol. The zero-order valence-electron chi connectivity index (χ0n) is 18.2. The lowest BCUT2D eigenvalue weighted by atomic mass is 9.51. The van der Waals surface area contributed by atoms with Crippen LogP contribution in [0.4, 0.5) is 0 Å². The van der Waals surface area contributed by atoms with E-state index in [0.717, 1.165) is 5.75 Å². The largest absolute Gasteiger partial charge is 0.457 e. The topological polar surface area (TPSA) is 46.5 Å². The van der Waals surface area contributed by atoms with Gasteiger partial charge in [-0.15, -0.1) is 0 Å². The summed E-state index contributed by atoms with van der Waals surface area (Å²) < 4.78 is 26.0. The molecular weight excluding hydrogens is 391 g/mol. The standard InChI is InChI=1S/C25H28BO3S/c1-24(2,3)26-20-10-6-18(7-11-20)25(4,5)19-8-12-21(13-9-19)29-22-14-16-23(17-15-22)30(27)28/h6-17H,1-5H3,(H,27,28). The fourth-order valence-corrected chi connectivity index (χ4v) is 3.73. The lowest BCUT2D eigenvalue weighted by Gasteiger charge is -2.27. The summed E-state index contributed by atoms with van der Waals surface area (Å²) in [6.45, 7) is 11.1. The molecule has 0 spiro atoms. The molecule has 0 saturated heterocycles. The Morgan fingerprint density at radius 1 is 0.733 bits per heavy atom. The van der Waals surface area contributed by atoms with E-state index in [0.29, 0.717) is 10.6 Å². The first-order valence-electron chi connectivity index (χ1n) is 10.0. The zero-order chi connectivity index (χ0) is 21.9. The fraction of sp³-hybridized carbons (Fsp3) is 0.280. The summed E-state index contributed by atoms with van der Waals surface area (Å²) in [4.78, 5) is 0.352. The summed E-state index contributed by atoms with van der Waals surface area (Å²) in [5.41, 5.74) is 3.57. The molecule has 30 heavy (non-hydrogen) atoms. The van der Waals surface area contributed by atoms with Gasteiger partial charge in [-0.3, -0.25) is 0 Å². The molecule has 3 rings (SSSR count). The van der Waals surface area contributed by atoms with Gasteiger partial charge < -0.3 is 9.29 Å². The highest BCUT2D eigenvalue weighted by molar-refractivity contribution is 7.79. The minimum absolute atomic E-state index is 0.133. The van der Waals surface area contributed by atoms with Gasteiger partial charge in [0.25, 0.3) is 0 Å². The Morgan fingerprint density at radius 2 is 1.17 bits per heavy atom. The summed E-state index contributed by atoms with van der Waals surface area (Å²) >= 11 is -1.98. The van der Waals surface area contributed by atoms with Gasteiger partial charge in [-0.25, -0.2) is 4.21 Å². The van der Waals surface area contributed by atoms with Gasteiger partial charge in [0.15, 0.2) is 18.4 Å². The van der Waals surface area contributed by atoms with Crippen LogP contribution >= 0.6 is 0 Å². The molecule has 0 heterocycles. The van der Waals surface area contributed by atoms with Crippen molar-refractivity contribution in [3.8, 4) is 11.5 Å². The average molecular weight is 419 g/mol. The molecule has 1 unspecified atom stereocenters. The second kappa shape index (κ2) is 8.79. The van der Waals surface area contributed by atoms with Crippen molar-refractivity contribution >= 4 is 23.8 Å². The van der Waals surface area contributed by atoms with Crippen molar-refractivity contribution in [2.75, 3.05) is 0 Å². The molecular formula is C25H28BO3S. The third kappa shape index (κ3) is 5.62. The van der Waals surface area contributed by atoms with E-state index in [4.69, 9.17) is 9.29 Å². The van der Waals surface area contributed by atoms with Crippen molar-refractivity contribution in [3.63, 3.8) is 0 Å². The smallest absolute Gasteiger partial charge is 0.186 e. The molecule has 3 nitrogen and oxygen atoms in total. The lowest BCUT2D eigenvalue weighted by Crippen LogP contribution is -2.25. The number of hydrogen-bond donors (Lipinski definition) is 1. The quantitative estimate of drug-likeness (QED) is 0.398. The van der Waals surface area contributed by atoms with Crippen molar-refractivity contribution < 1.29 is 13.5 Å². The Labute approximate surface area is 183 Å². The second-order valence-corrected chi connectivity index (χ2v) is 10.1. The Morgan fingerprint density at radius 3 is 1.60 bits per heavy atom. The molecule has 3 aromatic carbocycles. The summed E-state index contributed by atoms with van der Waals surface area (Å²) in [5, 5.41) is 0.155. The fourth-order valence-electron chi connectivity index (χ4n) is 3.36. The molecule has 0 aliphatic carbocycles. The minimum Gasteiger partial charge on any atom is -0.457 e. The maximum absolute atomic E-state index is 11.1. The Bertz CT molecular complexity index is 1000. The zero-order valence-corrected chi connectivity index (χ0v) is 19.0. The van der Waals surface area contributed by atoms with Gasteiger partial charge in [-0.2, -0.15) is 0 Å². The highest BCUT2D eigenvalue weighted by atomic mass is 32.2. The minimum atomic E-state index is -1.98. The Hall–Kier alpha value is -2.37. The van der Waals surface area contributed by atoms with Crippen molar-refractivity contribution in [1.82, 2.24) is 0 Å². The van der Waals surface area contributed by atoms with Gasteiger partial charge >= 0.3 is 0 Å². The molecule has 0 aromatic heterocycles. The second-order valence-electron chi connectivity index (χ2n) is 9.10. The van der Waals surface area contributed by atoms with E-state index in [1.165, 1.54) is 16.6 Å². The maximum Gasteiger partial charge on any atom is 0.186 e. The van der Waals surface area contributed by atoms with E-state index in [1.54, 1.807) is 24.3 Å². The SMILES string of the molecule is CC(C)(C)[B]c1ccc(C(C)(C)c2ccc(Oc3ccc(S(=O)O)cc3)cc2)cc1. The molecule has 0 fully saturated rings. The number of hydrogen-bond acceptors (Lipinski definition) is 2. The van der Waals surface area contributed by atoms with Crippen LogP contribution in [0.2, 0.25) is 5.31 Å². The van der Waals surface area contributed by atoms with Crippen LogP contribution in [0.3, 0.4) is 0 Å². The summed E-state index contributed by atoms with van der Waals surface area (Å²) in [5.74, 6) is 1.35. The van der Waals surface area contributed by atoms with E-state index in [9.17, 15) is 4.21 Å². The molecule has 5 heteroatoms. The van der Waals surface area contributed by atoms with Crippen LogP contribution < -0.4 is 10.2 Å². The summed E-state index contributed by atoms with van der Waals surface area (Å²) in [7, 11) is 2.28. The highest BCUT2D eigenvalue weighted by Crippen LogP contribution is 2.33. The first-order valence-corrected chi connectivity index (χ1v) is 11.1. The molecule has 1 N–H and O–H groups in total. The van der Waals surface area contributed by atoms with Crippen LogP contribution in [0.5, 0.6) is 11.5 Å². The molecule has 0 amide bonds. The van der Waals surface area contributed by atoms with E-state index < -0.39 is 11.1 Å². The van der Waals surface area contributed by atoms with Crippen molar-refractivity contribution in [3.05, 3.63) is 83.9 Å². The van der Waals surface area contributed by atoms with Gasteiger partial charge in [0, 0.05) is 5.41 Å². The Kier molecular flexibility index (Phi) is 6.54. The lowest BCUT2D eigenvalue weighted by molar-refractivity contribution is 0.481. The molecule has 0 aliphatic heterocycles. The van der Waals surface area contributed by atoms with E-state index in [2.05, 4.69) is 78.3 Å². The van der Waals surface area contributed by atoms with Crippen LogP contribution in [0.1, 0.15) is 45.7 Å². The van der Waals surface area contributed by atoms with Crippen LogP contribution in [0.15, 0.2) is 77.7 Å². The van der Waals surface area contributed by atoms with Gasteiger partial charge in [0.1, 0.15) is 11.5 Å². The van der Waals surface area contributed by atoms with E-state index in [1.807, 2.05) is 12.1 Å². The molecule has 0 saturated carbocycles. The predicted octanol–water partition coefficient (Wildman–Crippen LogP) is 5.93. The number of rotatable bonds is 6. The predicted molar refractivity (Wildman–Crippen MR) is 126 cm³/mol. The highest BCUT2D eigenvalue weighted by Gasteiger charge is 2.23. The molecule has 155 valence electrons. The van der Waals surface area contributed by atoms with Gasteiger partial charge in [0.05, 0.1) is 4.90 Å². The van der Waals surface area contributed by atoms with Crippen LogP contribution in [-0.2, 0) is 16.5 Å². The number of ether oxygens (including phenoxy) is 1. The first kappa shape index (κ1) is 22.3. The van der Waals surface area contributed by atoms with E-state index >= 15 is 0 Å². The molecule has 0 bridgehead atoms.